The minimum atomic E-state index is -0.0679. The maximum absolute atomic E-state index is 11.7. The first-order valence-electron chi connectivity index (χ1n) is 5.10. The molecule has 0 aromatic carbocycles. The molecule has 17 heavy (non-hydrogen) atoms. The molecule has 0 bridgehead atoms. The van der Waals surface area contributed by atoms with Gasteiger partial charge in [-0.05, 0) is 31.2 Å². The molecule has 0 aliphatic rings. The van der Waals surface area contributed by atoms with E-state index in [1.165, 1.54) is 11.1 Å². The second-order valence-corrected chi connectivity index (χ2v) is 5.41. The maximum atomic E-state index is 11.7. The molecule has 3 nitrogen and oxygen atoms in total. The van der Waals surface area contributed by atoms with Crippen LogP contribution in [0.15, 0.2) is 30.5 Å². The molecule has 0 radical (unpaired) electrons. The number of thiophene rings is 1. The Hall–Kier alpha value is -1.39. The molecule has 88 valence electrons. The zero-order valence-corrected chi connectivity index (χ0v) is 10.8. The third-order valence-corrected chi connectivity index (χ3v) is 3.35. The predicted octanol–water partition coefficient (Wildman–Crippen LogP) is 3.29. The van der Waals surface area contributed by atoms with E-state index in [4.69, 9.17) is 11.6 Å². The van der Waals surface area contributed by atoms with Gasteiger partial charge in [0.25, 0.3) is 0 Å². The number of nitrogens with zero attached hydrogens (tertiary/aromatic N) is 1. The smallest absolute Gasteiger partial charge is 0.230 e. The normalized spacial score (nSPS) is 10.2. The molecule has 2 aromatic heterocycles. The van der Waals surface area contributed by atoms with Gasteiger partial charge in [0.2, 0.25) is 5.91 Å². The highest BCUT2D eigenvalue weighted by Gasteiger charge is 2.06. The molecule has 0 spiro atoms. The highest BCUT2D eigenvalue weighted by molar-refractivity contribution is 7.12. The van der Waals surface area contributed by atoms with Crippen LogP contribution >= 0.6 is 22.9 Å². The molecule has 2 rings (SSSR count). The zero-order valence-electron chi connectivity index (χ0n) is 9.24. The van der Waals surface area contributed by atoms with Crippen LogP contribution in [0.25, 0.3) is 0 Å². The van der Waals surface area contributed by atoms with Gasteiger partial charge >= 0.3 is 0 Å². The molecule has 0 saturated heterocycles. The van der Waals surface area contributed by atoms with E-state index in [1.807, 2.05) is 19.1 Å². The Balaban J connectivity index is 1.95. The summed E-state index contributed by atoms with van der Waals surface area (Å²) < 4.78 is 0. The van der Waals surface area contributed by atoms with Gasteiger partial charge in [-0.3, -0.25) is 4.79 Å². The van der Waals surface area contributed by atoms with Crippen molar-refractivity contribution in [2.24, 2.45) is 0 Å². The van der Waals surface area contributed by atoms with Crippen molar-refractivity contribution >= 4 is 34.7 Å². The third-order valence-electron chi connectivity index (χ3n) is 2.13. The zero-order chi connectivity index (χ0) is 12.3. The summed E-state index contributed by atoms with van der Waals surface area (Å²) in [6, 6.07) is 7.35. The van der Waals surface area contributed by atoms with E-state index in [0.717, 1.165) is 4.88 Å². The molecule has 2 heterocycles. The van der Waals surface area contributed by atoms with Crippen LogP contribution in [0.3, 0.4) is 0 Å². The van der Waals surface area contributed by atoms with Crippen LogP contribution in [0.1, 0.15) is 9.75 Å². The second-order valence-electron chi connectivity index (χ2n) is 3.60. The molecular weight excluding hydrogens is 256 g/mol. The first kappa shape index (κ1) is 12.1. The Morgan fingerprint density at radius 3 is 2.82 bits per heavy atom. The van der Waals surface area contributed by atoms with Crippen molar-refractivity contribution in [2.75, 3.05) is 5.32 Å². The van der Waals surface area contributed by atoms with E-state index < -0.39 is 0 Å². The number of anilines is 1. The summed E-state index contributed by atoms with van der Waals surface area (Å²) in [6.07, 6.45) is 1.88. The lowest BCUT2D eigenvalue weighted by Crippen LogP contribution is -2.14. The average molecular weight is 267 g/mol. The van der Waals surface area contributed by atoms with Crippen LogP contribution in [0.5, 0.6) is 0 Å². The summed E-state index contributed by atoms with van der Waals surface area (Å²) in [5, 5.41) is 3.28. The molecule has 1 amide bonds. The van der Waals surface area contributed by atoms with Crippen LogP contribution < -0.4 is 5.32 Å². The fraction of sp³-hybridized carbons (Fsp3) is 0.167. The molecule has 0 saturated carbocycles. The van der Waals surface area contributed by atoms with E-state index in [9.17, 15) is 4.79 Å². The lowest BCUT2D eigenvalue weighted by molar-refractivity contribution is -0.115. The molecule has 0 aliphatic carbocycles. The van der Waals surface area contributed by atoms with E-state index in [-0.39, 0.29) is 5.91 Å². The first-order chi connectivity index (χ1) is 8.13. The monoisotopic (exact) mass is 266 g/mol. The van der Waals surface area contributed by atoms with Crippen LogP contribution in [0.4, 0.5) is 5.82 Å². The van der Waals surface area contributed by atoms with Crippen LogP contribution in [0, 0.1) is 6.92 Å². The second kappa shape index (κ2) is 5.29. The number of carbonyl (C=O) groups is 1. The van der Waals surface area contributed by atoms with Gasteiger partial charge in [0.15, 0.2) is 0 Å². The quantitative estimate of drug-likeness (QED) is 0.926. The molecule has 1 N–H and O–H groups in total. The van der Waals surface area contributed by atoms with E-state index >= 15 is 0 Å². The van der Waals surface area contributed by atoms with Crippen LogP contribution in [0.2, 0.25) is 5.02 Å². The van der Waals surface area contributed by atoms with Gasteiger partial charge in [0.1, 0.15) is 5.82 Å². The average Bonchev–Trinajstić information content (AvgIpc) is 2.67. The van der Waals surface area contributed by atoms with Gasteiger partial charge in [-0.15, -0.1) is 11.3 Å². The van der Waals surface area contributed by atoms with Gasteiger partial charge in [0, 0.05) is 16.0 Å². The molecule has 2 aromatic rings. The lowest BCUT2D eigenvalue weighted by Gasteiger charge is -2.02. The Morgan fingerprint density at radius 2 is 2.24 bits per heavy atom. The number of aryl methyl sites for hydroxylation is 1. The van der Waals surface area contributed by atoms with Crippen molar-refractivity contribution < 1.29 is 4.79 Å². The summed E-state index contributed by atoms with van der Waals surface area (Å²) >= 11 is 7.33. The highest BCUT2D eigenvalue weighted by atomic mass is 35.5. The summed E-state index contributed by atoms with van der Waals surface area (Å²) in [6.45, 7) is 2.02. The van der Waals surface area contributed by atoms with Crippen molar-refractivity contribution in [2.45, 2.75) is 13.3 Å². The van der Waals surface area contributed by atoms with Gasteiger partial charge < -0.3 is 5.32 Å². The summed E-state index contributed by atoms with van der Waals surface area (Å²) in [5.41, 5.74) is 0. The van der Waals surface area contributed by atoms with Gasteiger partial charge in [-0.2, -0.15) is 0 Å². The van der Waals surface area contributed by atoms with E-state index in [0.29, 0.717) is 17.3 Å². The largest absolute Gasteiger partial charge is 0.310 e. The maximum Gasteiger partial charge on any atom is 0.230 e. The topological polar surface area (TPSA) is 42.0 Å². The fourth-order valence-corrected chi connectivity index (χ4v) is 2.38. The minimum Gasteiger partial charge on any atom is -0.310 e. The number of amides is 1. The van der Waals surface area contributed by atoms with Crippen molar-refractivity contribution in [3.05, 3.63) is 45.2 Å². The lowest BCUT2D eigenvalue weighted by atomic mass is 10.3. The summed E-state index contributed by atoms with van der Waals surface area (Å²) in [7, 11) is 0. The Bertz CT molecular complexity index is 522. The Morgan fingerprint density at radius 1 is 1.41 bits per heavy atom. The molecule has 0 fully saturated rings. The van der Waals surface area contributed by atoms with Gasteiger partial charge in [-0.1, -0.05) is 11.6 Å². The van der Waals surface area contributed by atoms with Crippen molar-refractivity contribution in [3.63, 3.8) is 0 Å². The van der Waals surface area contributed by atoms with Crippen molar-refractivity contribution in [3.8, 4) is 0 Å². The number of pyridine rings is 1. The first-order valence-corrected chi connectivity index (χ1v) is 6.29. The SMILES string of the molecule is Cc1ccc(CC(=O)Nc2ccc(Cl)cn2)s1. The number of nitrogens with one attached hydrogen (secondary N) is 1. The standard InChI is InChI=1S/C12H11ClN2OS/c1-8-2-4-10(17-8)6-12(16)15-11-5-3-9(13)7-14-11/h2-5,7H,6H2,1H3,(H,14,15,16). The number of hydrogen-bond acceptors (Lipinski definition) is 3. The summed E-state index contributed by atoms with van der Waals surface area (Å²) in [5.74, 6) is 0.453. The molecular formula is C12H11ClN2OS. The van der Waals surface area contributed by atoms with Crippen molar-refractivity contribution in [1.29, 1.82) is 0 Å². The number of carbonyl (C=O) groups excluding carboxylic acids is 1. The van der Waals surface area contributed by atoms with Crippen LogP contribution in [-0.4, -0.2) is 10.9 Å². The third kappa shape index (κ3) is 3.54. The van der Waals surface area contributed by atoms with Crippen molar-refractivity contribution in [1.82, 2.24) is 4.98 Å². The fourth-order valence-electron chi connectivity index (χ4n) is 1.38. The number of hydrogen-bond donors (Lipinski definition) is 1. The molecule has 0 atom stereocenters. The Labute approximate surface area is 108 Å². The number of rotatable bonds is 3. The van der Waals surface area contributed by atoms with E-state index in [1.54, 1.807) is 23.5 Å². The number of aromatic nitrogens is 1. The highest BCUT2D eigenvalue weighted by Crippen LogP contribution is 2.16. The predicted molar refractivity (Wildman–Crippen MR) is 70.6 cm³/mol. The summed E-state index contributed by atoms with van der Waals surface area (Å²) in [4.78, 5) is 18.0. The van der Waals surface area contributed by atoms with Gasteiger partial charge in [-0.25, -0.2) is 4.98 Å². The van der Waals surface area contributed by atoms with Gasteiger partial charge in [0.05, 0.1) is 11.4 Å². The molecule has 5 heteroatoms. The number of halogens is 1. The molecule has 0 unspecified atom stereocenters. The Kier molecular flexibility index (Phi) is 3.76. The molecule has 0 aliphatic heterocycles. The minimum absolute atomic E-state index is 0.0679. The van der Waals surface area contributed by atoms with Crippen LogP contribution in [-0.2, 0) is 11.2 Å². The van der Waals surface area contributed by atoms with E-state index in [2.05, 4.69) is 10.3 Å².